The van der Waals surface area contributed by atoms with Gasteiger partial charge in [0, 0.05) is 43.7 Å². The summed E-state index contributed by atoms with van der Waals surface area (Å²) in [7, 11) is -3.83. The van der Waals surface area contributed by atoms with Gasteiger partial charge < -0.3 is 14.5 Å². The van der Waals surface area contributed by atoms with Gasteiger partial charge in [0.1, 0.15) is 0 Å². The van der Waals surface area contributed by atoms with Crippen molar-refractivity contribution in [1.29, 1.82) is 0 Å². The average Bonchev–Trinajstić information content (AvgIpc) is 3.16. The number of ether oxygens (including phenoxy) is 1. The Balaban J connectivity index is 1.48. The molecule has 2 aliphatic heterocycles. The maximum atomic E-state index is 12.9. The van der Waals surface area contributed by atoms with Gasteiger partial charge in [-0.3, -0.25) is 14.8 Å². The lowest BCUT2D eigenvalue weighted by molar-refractivity contribution is -0.131. The number of carbonyl (C=O) groups excluding carboxylic acids is 2. The lowest BCUT2D eigenvalue weighted by Crippen LogP contribution is -2.50. The van der Waals surface area contributed by atoms with E-state index >= 15 is 0 Å². The number of fused-ring (bicyclic) bond motifs is 1. The highest BCUT2D eigenvalue weighted by molar-refractivity contribution is 7.92. The molecule has 0 radical (unpaired) electrons. The van der Waals surface area contributed by atoms with Crippen LogP contribution in [-0.2, 0) is 25.9 Å². The van der Waals surface area contributed by atoms with Crippen molar-refractivity contribution in [3.05, 3.63) is 53.6 Å². The molecule has 4 rings (SSSR count). The fourth-order valence-electron chi connectivity index (χ4n) is 4.36. The van der Waals surface area contributed by atoms with E-state index in [-0.39, 0.29) is 18.9 Å². The van der Waals surface area contributed by atoms with Crippen molar-refractivity contribution >= 4 is 27.3 Å². The molecule has 0 aliphatic carbocycles. The van der Waals surface area contributed by atoms with Crippen LogP contribution in [0.1, 0.15) is 29.3 Å². The monoisotopic (exact) mass is 487 g/mol. The molecule has 0 saturated carbocycles. The minimum Gasteiger partial charge on any atom is -0.378 e. The highest BCUT2D eigenvalue weighted by Gasteiger charge is 2.44. The molecule has 182 valence electrons. The van der Waals surface area contributed by atoms with Crippen molar-refractivity contribution in [2.75, 3.05) is 44.0 Å². The second kappa shape index (κ2) is 9.36. The number of hydrogen-bond acceptors (Lipinski definition) is 7. The second-order valence-electron chi connectivity index (χ2n) is 8.94. The number of rotatable bonds is 7. The first-order valence-electron chi connectivity index (χ1n) is 11.1. The van der Waals surface area contributed by atoms with Gasteiger partial charge in [-0.15, -0.1) is 0 Å². The van der Waals surface area contributed by atoms with Crippen LogP contribution in [0, 0.1) is 0 Å². The molecule has 1 atom stereocenters. The highest BCUT2D eigenvalue weighted by atomic mass is 32.2. The predicted octanol–water partition coefficient (Wildman–Crippen LogP) is 1.84. The summed E-state index contributed by atoms with van der Waals surface area (Å²) in [6.07, 6.45) is 0.813. The number of nitrogens with zero attached hydrogens (tertiary/aromatic N) is 2. The lowest BCUT2D eigenvalue weighted by atomic mass is 10.00. The third-order valence-electron chi connectivity index (χ3n) is 6.82. The molecule has 0 spiro atoms. The third-order valence-corrected chi connectivity index (χ3v) is 8.85. The standard InChI is InChI=1S/C24H29N3O6S/c1-24(23(29)25-30,34(2,31)32)9-10-27-16-19-15-18(5-8-21(19)22(27)28)17-3-6-20(7-4-17)26-11-13-33-14-12-26/h3-8,15,30H,9-14,16H2,1-2H3,(H,25,29)/t24-/m1/s1. The van der Waals surface area contributed by atoms with Crippen LogP contribution < -0.4 is 10.4 Å². The summed E-state index contributed by atoms with van der Waals surface area (Å²) in [6, 6.07) is 14.0. The van der Waals surface area contributed by atoms with Gasteiger partial charge in [0.2, 0.25) is 0 Å². The number of amides is 2. The number of carbonyl (C=O) groups is 2. The molecule has 1 saturated heterocycles. The van der Waals surface area contributed by atoms with Crippen molar-refractivity contribution < 1.29 is 28.0 Å². The molecule has 2 aliphatic rings. The van der Waals surface area contributed by atoms with Crippen molar-refractivity contribution in [2.45, 2.75) is 24.6 Å². The number of morpholine rings is 1. The Kier molecular flexibility index (Phi) is 6.66. The summed E-state index contributed by atoms with van der Waals surface area (Å²) in [6.45, 7) is 4.84. The fraction of sp³-hybridized carbons (Fsp3) is 0.417. The Morgan fingerprint density at radius 1 is 1.12 bits per heavy atom. The van der Waals surface area contributed by atoms with Gasteiger partial charge in [0.05, 0.1) is 13.2 Å². The van der Waals surface area contributed by atoms with E-state index in [0.29, 0.717) is 12.1 Å². The molecule has 9 nitrogen and oxygen atoms in total. The topological polar surface area (TPSA) is 116 Å². The molecule has 2 aromatic carbocycles. The first-order valence-corrected chi connectivity index (χ1v) is 13.0. The Bertz CT molecular complexity index is 1190. The van der Waals surface area contributed by atoms with Gasteiger partial charge in [-0.05, 0) is 54.3 Å². The summed E-state index contributed by atoms with van der Waals surface area (Å²) in [5.41, 5.74) is 6.03. The number of hydroxylamine groups is 1. The summed E-state index contributed by atoms with van der Waals surface area (Å²) < 4.78 is 28.0. The molecule has 0 unspecified atom stereocenters. The van der Waals surface area contributed by atoms with Gasteiger partial charge in [-0.2, -0.15) is 0 Å². The fourth-order valence-corrected chi connectivity index (χ4v) is 5.21. The molecular formula is C24H29N3O6S. The number of benzene rings is 2. The molecule has 1 fully saturated rings. The van der Waals surface area contributed by atoms with Crippen molar-refractivity contribution in [3.8, 4) is 11.1 Å². The Morgan fingerprint density at radius 2 is 1.76 bits per heavy atom. The Labute approximate surface area is 199 Å². The maximum Gasteiger partial charge on any atom is 0.264 e. The molecule has 2 heterocycles. The van der Waals surface area contributed by atoms with Gasteiger partial charge in [-0.25, -0.2) is 13.9 Å². The number of sulfone groups is 1. The Hall–Kier alpha value is -2.95. The van der Waals surface area contributed by atoms with E-state index in [0.717, 1.165) is 54.9 Å². The van der Waals surface area contributed by atoms with Crippen LogP contribution >= 0.6 is 0 Å². The van der Waals surface area contributed by atoms with E-state index in [9.17, 15) is 18.0 Å². The molecule has 2 aromatic rings. The van der Waals surface area contributed by atoms with E-state index < -0.39 is 20.5 Å². The van der Waals surface area contributed by atoms with Crippen LogP contribution in [0.15, 0.2) is 42.5 Å². The van der Waals surface area contributed by atoms with Crippen LogP contribution in [0.4, 0.5) is 5.69 Å². The second-order valence-corrected chi connectivity index (χ2v) is 11.4. The molecule has 34 heavy (non-hydrogen) atoms. The van der Waals surface area contributed by atoms with E-state index in [1.807, 2.05) is 12.1 Å². The van der Waals surface area contributed by atoms with Crippen molar-refractivity contribution in [3.63, 3.8) is 0 Å². The normalized spacial score (nSPS) is 17.9. The minimum atomic E-state index is -3.83. The van der Waals surface area contributed by atoms with Crippen LogP contribution in [0.3, 0.4) is 0 Å². The van der Waals surface area contributed by atoms with Gasteiger partial charge in [0.15, 0.2) is 14.6 Å². The highest BCUT2D eigenvalue weighted by Crippen LogP contribution is 2.31. The smallest absolute Gasteiger partial charge is 0.264 e. The van der Waals surface area contributed by atoms with Crippen LogP contribution in [0.2, 0.25) is 0 Å². The summed E-state index contributed by atoms with van der Waals surface area (Å²) in [5, 5.41) is 9.00. The minimum absolute atomic E-state index is 0.0636. The van der Waals surface area contributed by atoms with Crippen molar-refractivity contribution in [1.82, 2.24) is 10.4 Å². The van der Waals surface area contributed by atoms with Gasteiger partial charge in [0.25, 0.3) is 11.8 Å². The molecule has 0 aromatic heterocycles. The zero-order valence-electron chi connectivity index (χ0n) is 19.3. The Morgan fingerprint density at radius 3 is 2.38 bits per heavy atom. The zero-order chi connectivity index (χ0) is 24.5. The average molecular weight is 488 g/mol. The van der Waals surface area contributed by atoms with E-state index in [2.05, 4.69) is 29.2 Å². The summed E-state index contributed by atoms with van der Waals surface area (Å²) in [5.74, 6) is -1.22. The van der Waals surface area contributed by atoms with Crippen LogP contribution in [0.25, 0.3) is 11.1 Å². The maximum absolute atomic E-state index is 12.9. The van der Waals surface area contributed by atoms with E-state index in [1.165, 1.54) is 17.3 Å². The van der Waals surface area contributed by atoms with E-state index in [4.69, 9.17) is 9.94 Å². The van der Waals surface area contributed by atoms with Gasteiger partial charge >= 0.3 is 0 Å². The predicted molar refractivity (Wildman–Crippen MR) is 127 cm³/mol. The SMILES string of the molecule is C[C@@](CCN1Cc2cc(-c3ccc(N4CCOCC4)cc3)ccc2C1=O)(C(=O)NO)S(C)(=O)=O. The quantitative estimate of drug-likeness (QED) is 0.452. The van der Waals surface area contributed by atoms with Gasteiger partial charge in [-0.1, -0.05) is 18.2 Å². The number of nitrogens with one attached hydrogen (secondary N) is 1. The lowest BCUT2D eigenvalue weighted by Gasteiger charge is -2.28. The third kappa shape index (κ3) is 4.53. The van der Waals surface area contributed by atoms with Crippen molar-refractivity contribution in [2.24, 2.45) is 0 Å². The zero-order valence-corrected chi connectivity index (χ0v) is 20.1. The summed E-state index contributed by atoms with van der Waals surface area (Å²) >= 11 is 0. The summed E-state index contributed by atoms with van der Waals surface area (Å²) in [4.78, 5) is 28.8. The molecule has 10 heteroatoms. The van der Waals surface area contributed by atoms with Crippen LogP contribution in [-0.4, -0.2) is 74.2 Å². The molecule has 0 bridgehead atoms. The largest absolute Gasteiger partial charge is 0.378 e. The number of hydrogen-bond donors (Lipinski definition) is 2. The molecule has 2 N–H and O–H groups in total. The van der Waals surface area contributed by atoms with Crippen LogP contribution in [0.5, 0.6) is 0 Å². The first-order chi connectivity index (χ1) is 16.1. The molecule has 2 amide bonds. The molecular weight excluding hydrogens is 458 g/mol. The van der Waals surface area contributed by atoms with E-state index in [1.54, 1.807) is 6.07 Å². The number of anilines is 1. The first kappa shape index (κ1) is 24.2.